The van der Waals surface area contributed by atoms with Gasteiger partial charge in [0, 0.05) is 16.5 Å². The summed E-state index contributed by atoms with van der Waals surface area (Å²) in [5.41, 5.74) is 1.59. The number of aromatic nitrogens is 1. The van der Waals surface area contributed by atoms with E-state index in [1.165, 1.54) is 18.2 Å². The van der Waals surface area contributed by atoms with Gasteiger partial charge in [-0.3, -0.25) is 4.79 Å². The molecule has 1 aromatic heterocycles. The first kappa shape index (κ1) is 12.4. The van der Waals surface area contributed by atoms with E-state index in [0.29, 0.717) is 11.3 Å². The second kappa shape index (κ2) is 4.81. The highest BCUT2D eigenvalue weighted by atomic mass is 19.1. The van der Waals surface area contributed by atoms with Crippen molar-refractivity contribution in [2.75, 3.05) is 7.11 Å². The molecule has 0 unspecified atom stereocenters. The minimum Gasteiger partial charge on any atom is -0.497 e. The van der Waals surface area contributed by atoms with Gasteiger partial charge in [0.2, 0.25) is 5.78 Å². The normalized spacial score (nSPS) is 10.7. The number of methoxy groups -OCH3 is 1. The summed E-state index contributed by atoms with van der Waals surface area (Å²) in [7, 11) is 1.59. The quantitative estimate of drug-likeness (QED) is 0.739. The van der Waals surface area contributed by atoms with Crippen molar-refractivity contribution in [2.45, 2.75) is 0 Å². The Morgan fingerprint density at radius 2 is 2.00 bits per heavy atom. The number of H-pyrrole nitrogens is 1. The van der Waals surface area contributed by atoms with Gasteiger partial charge in [0.05, 0.1) is 12.8 Å². The Hall–Kier alpha value is -2.62. The average Bonchev–Trinajstić information content (AvgIpc) is 2.89. The predicted molar refractivity (Wildman–Crippen MR) is 74.7 cm³/mol. The number of rotatable bonds is 3. The van der Waals surface area contributed by atoms with Gasteiger partial charge >= 0.3 is 0 Å². The zero-order valence-electron chi connectivity index (χ0n) is 10.8. The molecule has 3 aromatic rings. The fourth-order valence-corrected chi connectivity index (χ4v) is 2.15. The number of carbonyl (C=O) groups excluding carboxylic acids is 1. The molecular formula is C16H12FNO2. The van der Waals surface area contributed by atoms with Crippen LogP contribution >= 0.6 is 0 Å². The molecule has 0 saturated carbocycles. The van der Waals surface area contributed by atoms with E-state index in [0.717, 1.165) is 16.7 Å². The lowest BCUT2D eigenvalue weighted by molar-refractivity contribution is 0.103. The van der Waals surface area contributed by atoms with Gasteiger partial charge in [0.15, 0.2) is 0 Å². The van der Waals surface area contributed by atoms with Crippen LogP contribution in [0.4, 0.5) is 4.39 Å². The largest absolute Gasteiger partial charge is 0.497 e. The zero-order valence-corrected chi connectivity index (χ0v) is 10.8. The maximum atomic E-state index is 13.2. The van der Waals surface area contributed by atoms with E-state index in [9.17, 15) is 9.18 Å². The minimum atomic E-state index is -0.423. The Balaban J connectivity index is 2.03. The van der Waals surface area contributed by atoms with Crippen LogP contribution in [0.5, 0.6) is 5.75 Å². The fourth-order valence-electron chi connectivity index (χ4n) is 2.15. The second-order valence-electron chi connectivity index (χ2n) is 4.48. The number of nitrogens with one attached hydrogen (secondary N) is 1. The van der Waals surface area contributed by atoms with E-state index in [4.69, 9.17) is 4.74 Å². The molecule has 1 N–H and O–H groups in total. The number of benzene rings is 2. The topological polar surface area (TPSA) is 42.1 Å². The van der Waals surface area contributed by atoms with Gasteiger partial charge in [0.1, 0.15) is 11.6 Å². The van der Waals surface area contributed by atoms with Crippen LogP contribution in [0.1, 0.15) is 16.1 Å². The summed E-state index contributed by atoms with van der Waals surface area (Å²) >= 11 is 0. The summed E-state index contributed by atoms with van der Waals surface area (Å²) < 4.78 is 18.3. The molecule has 0 saturated heterocycles. The van der Waals surface area contributed by atoms with Crippen LogP contribution in [0.3, 0.4) is 0 Å². The van der Waals surface area contributed by atoms with Crippen molar-refractivity contribution in [3.05, 3.63) is 65.6 Å². The van der Waals surface area contributed by atoms with Crippen molar-refractivity contribution in [3.63, 3.8) is 0 Å². The Labute approximate surface area is 115 Å². The van der Waals surface area contributed by atoms with Crippen LogP contribution in [0.15, 0.2) is 48.5 Å². The Kier molecular flexibility index (Phi) is 2.99. The van der Waals surface area contributed by atoms with Crippen molar-refractivity contribution in [2.24, 2.45) is 0 Å². The van der Waals surface area contributed by atoms with Gasteiger partial charge in [-0.25, -0.2) is 4.39 Å². The van der Waals surface area contributed by atoms with Crippen molar-refractivity contribution in [1.82, 2.24) is 4.98 Å². The third-order valence-corrected chi connectivity index (χ3v) is 3.16. The van der Waals surface area contributed by atoms with Gasteiger partial charge in [-0.1, -0.05) is 12.1 Å². The average molecular weight is 269 g/mol. The first-order valence-corrected chi connectivity index (χ1v) is 6.14. The van der Waals surface area contributed by atoms with E-state index >= 15 is 0 Å². The summed E-state index contributed by atoms with van der Waals surface area (Å²) in [6, 6.07) is 12.9. The standard InChI is InChI=1S/C16H12FNO2/c1-20-13-5-6-14-11(8-13)9-15(18-14)16(19)10-3-2-4-12(17)7-10/h2-9,18H,1H3. The van der Waals surface area contributed by atoms with Gasteiger partial charge < -0.3 is 9.72 Å². The predicted octanol–water partition coefficient (Wildman–Crippen LogP) is 3.55. The smallest absolute Gasteiger partial charge is 0.209 e. The Morgan fingerprint density at radius 1 is 1.15 bits per heavy atom. The number of ketones is 1. The highest BCUT2D eigenvalue weighted by Gasteiger charge is 2.13. The molecule has 3 rings (SSSR count). The lowest BCUT2D eigenvalue weighted by Gasteiger charge is -1.98. The molecule has 2 aromatic carbocycles. The SMILES string of the molecule is COc1ccc2[nH]c(C(=O)c3cccc(F)c3)cc2c1. The first-order valence-electron chi connectivity index (χ1n) is 6.14. The Morgan fingerprint density at radius 3 is 2.75 bits per heavy atom. The zero-order chi connectivity index (χ0) is 14.1. The van der Waals surface area contributed by atoms with Crippen molar-refractivity contribution in [3.8, 4) is 5.75 Å². The van der Waals surface area contributed by atoms with E-state index < -0.39 is 5.82 Å². The molecule has 0 aliphatic heterocycles. The van der Waals surface area contributed by atoms with Crippen molar-refractivity contribution >= 4 is 16.7 Å². The molecule has 0 fully saturated rings. The molecule has 4 heteroatoms. The van der Waals surface area contributed by atoms with Crippen molar-refractivity contribution < 1.29 is 13.9 Å². The number of fused-ring (bicyclic) bond motifs is 1. The molecule has 0 radical (unpaired) electrons. The van der Waals surface area contributed by atoms with Crippen LogP contribution in [-0.4, -0.2) is 17.9 Å². The molecule has 0 aliphatic rings. The highest BCUT2D eigenvalue weighted by Crippen LogP contribution is 2.22. The number of hydrogen-bond donors (Lipinski definition) is 1. The van der Waals surface area contributed by atoms with Gasteiger partial charge in [-0.15, -0.1) is 0 Å². The maximum Gasteiger partial charge on any atom is 0.209 e. The monoisotopic (exact) mass is 269 g/mol. The summed E-state index contributed by atoms with van der Waals surface area (Å²) in [5.74, 6) is 0.0644. The van der Waals surface area contributed by atoms with Gasteiger partial charge in [-0.2, -0.15) is 0 Å². The molecule has 0 bridgehead atoms. The summed E-state index contributed by atoms with van der Waals surface area (Å²) in [6.45, 7) is 0. The third kappa shape index (κ3) is 2.16. The lowest BCUT2D eigenvalue weighted by atomic mass is 10.1. The molecule has 20 heavy (non-hydrogen) atoms. The number of hydrogen-bond acceptors (Lipinski definition) is 2. The molecule has 100 valence electrons. The van der Waals surface area contributed by atoms with Crippen LogP contribution in [0, 0.1) is 5.82 Å². The van der Waals surface area contributed by atoms with Crippen LogP contribution in [-0.2, 0) is 0 Å². The minimum absolute atomic E-state index is 0.236. The lowest BCUT2D eigenvalue weighted by Crippen LogP contribution is -2.01. The van der Waals surface area contributed by atoms with E-state index in [-0.39, 0.29) is 5.78 Å². The second-order valence-corrected chi connectivity index (χ2v) is 4.48. The van der Waals surface area contributed by atoms with Crippen LogP contribution in [0.2, 0.25) is 0 Å². The van der Waals surface area contributed by atoms with E-state index in [1.54, 1.807) is 19.2 Å². The van der Waals surface area contributed by atoms with Crippen LogP contribution in [0.25, 0.3) is 10.9 Å². The molecule has 0 amide bonds. The molecular weight excluding hydrogens is 257 g/mol. The third-order valence-electron chi connectivity index (χ3n) is 3.16. The number of aromatic amines is 1. The van der Waals surface area contributed by atoms with E-state index in [2.05, 4.69) is 4.98 Å². The summed E-state index contributed by atoms with van der Waals surface area (Å²) in [4.78, 5) is 15.3. The molecule has 3 nitrogen and oxygen atoms in total. The first-order chi connectivity index (χ1) is 9.67. The maximum absolute atomic E-state index is 13.2. The summed E-state index contributed by atoms with van der Waals surface area (Å²) in [5, 5.41) is 0.879. The van der Waals surface area contributed by atoms with Crippen molar-refractivity contribution in [1.29, 1.82) is 0 Å². The van der Waals surface area contributed by atoms with E-state index in [1.807, 2.05) is 18.2 Å². The number of ether oxygens (including phenoxy) is 1. The van der Waals surface area contributed by atoms with Gasteiger partial charge in [0.25, 0.3) is 0 Å². The number of carbonyl (C=O) groups is 1. The molecule has 0 atom stereocenters. The molecule has 1 heterocycles. The highest BCUT2D eigenvalue weighted by molar-refractivity contribution is 6.10. The fraction of sp³-hybridized carbons (Fsp3) is 0.0625. The molecule has 0 aliphatic carbocycles. The molecule has 0 spiro atoms. The number of halogens is 1. The van der Waals surface area contributed by atoms with Gasteiger partial charge in [-0.05, 0) is 36.4 Å². The summed E-state index contributed by atoms with van der Waals surface area (Å²) in [6.07, 6.45) is 0. The Bertz CT molecular complexity index is 792. The van der Waals surface area contributed by atoms with Crippen LogP contribution < -0.4 is 4.74 Å².